The SMILES string of the molecule is CCc1ocnc1C(=O)N1CCc2ccc(S(=O)(=O)N3CCCC3)cc2C1. The molecule has 1 amide bonds. The second kappa shape index (κ2) is 7.09. The molecule has 2 aliphatic rings. The van der Waals surface area contributed by atoms with Gasteiger partial charge in [0.25, 0.3) is 5.91 Å². The van der Waals surface area contributed by atoms with Crippen LogP contribution in [0.4, 0.5) is 0 Å². The average molecular weight is 389 g/mol. The van der Waals surface area contributed by atoms with Crippen LogP contribution in [-0.4, -0.2) is 48.1 Å². The molecule has 1 aromatic heterocycles. The minimum atomic E-state index is -3.46. The highest BCUT2D eigenvalue weighted by Gasteiger charge is 2.30. The molecule has 2 aliphatic heterocycles. The van der Waals surface area contributed by atoms with Gasteiger partial charge in [-0.05, 0) is 42.5 Å². The van der Waals surface area contributed by atoms with Gasteiger partial charge in [-0.25, -0.2) is 13.4 Å². The molecule has 1 aromatic carbocycles. The van der Waals surface area contributed by atoms with Crippen molar-refractivity contribution in [3.05, 3.63) is 47.2 Å². The van der Waals surface area contributed by atoms with Gasteiger partial charge in [0.15, 0.2) is 12.1 Å². The summed E-state index contributed by atoms with van der Waals surface area (Å²) >= 11 is 0. The van der Waals surface area contributed by atoms with E-state index in [0.29, 0.717) is 55.4 Å². The summed E-state index contributed by atoms with van der Waals surface area (Å²) in [7, 11) is -3.46. The van der Waals surface area contributed by atoms with Gasteiger partial charge in [0.1, 0.15) is 5.76 Å². The zero-order chi connectivity index (χ0) is 19.0. The molecule has 0 radical (unpaired) electrons. The molecule has 0 aliphatic carbocycles. The Balaban J connectivity index is 1.59. The number of oxazole rings is 1. The Morgan fingerprint density at radius 2 is 1.96 bits per heavy atom. The van der Waals surface area contributed by atoms with E-state index >= 15 is 0 Å². The highest BCUT2D eigenvalue weighted by Crippen LogP contribution is 2.27. The van der Waals surface area contributed by atoms with E-state index in [1.807, 2.05) is 13.0 Å². The number of carbonyl (C=O) groups excluding carboxylic acids is 1. The predicted molar refractivity (Wildman–Crippen MR) is 98.8 cm³/mol. The molecule has 0 spiro atoms. The largest absolute Gasteiger partial charge is 0.448 e. The van der Waals surface area contributed by atoms with Gasteiger partial charge in [-0.2, -0.15) is 4.31 Å². The summed E-state index contributed by atoms with van der Waals surface area (Å²) in [6.45, 7) is 4.04. The first kappa shape index (κ1) is 18.2. The van der Waals surface area contributed by atoms with Crippen molar-refractivity contribution in [3.63, 3.8) is 0 Å². The summed E-state index contributed by atoms with van der Waals surface area (Å²) in [6.07, 6.45) is 4.41. The first-order valence-corrected chi connectivity index (χ1v) is 10.8. The van der Waals surface area contributed by atoms with Crippen LogP contribution in [-0.2, 0) is 29.4 Å². The van der Waals surface area contributed by atoms with Gasteiger partial charge >= 0.3 is 0 Å². The van der Waals surface area contributed by atoms with Gasteiger partial charge in [-0.15, -0.1) is 0 Å². The summed E-state index contributed by atoms with van der Waals surface area (Å²) in [5.41, 5.74) is 2.33. The lowest BCUT2D eigenvalue weighted by Gasteiger charge is -2.29. The maximum absolute atomic E-state index is 12.8. The zero-order valence-corrected chi connectivity index (χ0v) is 16.2. The van der Waals surface area contributed by atoms with Crippen molar-refractivity contribution >= 4 is 15.9 Å². The highest BCUT2D eigenvalue weighted by molar-refractivity contribution is 7.89. The number of hydrogen-bond acceptors (Lipinski definition) is 5. The second-order valence-electron chi connectivity index (χ2n) is 7.00. The topological polar surface area (TPSA) is 83.7 Å². The van der Waals surface area contributed by atoms with Crippen molar-refractivity contribution < 1.29 is 17.6 Å². The molecule has 4 rings (SSSR count). The van der Waals surface area contributed by atoms with E-state index in [2.05, 4.69) is 4.98 Å². The molecule has 3 heterocycles. The molecule has 8 heteroatoms. The van der Waals surface area contributed by atoms with Crippen LogP contribution < -0.4 is 0 Å². The Morgan fingerprint density at radius 3 is 2.70 bits per heavy atom. The zero-order valence-electron chi connectivity index (χ0n) is 15.3. The van der Waals surface area contributed by atoms with E-state index in [9.17, 15) is 13.2 Å². The smallest absolute Gasteiger partial charge is 0.276 e. The van der Waals surface area contributed by atoms with E-state index in [4.69, 9.17) is 4.42 Å². The second-order valence-corrected chi connectivity index (χ2v) is 8.93. The van der Waals surface area contributed by atoms with E-state index in [1.165, 1.54) is 6.39 Å². The van der Waals surface area contributed by atoms with Gasteiger partial charge < -0.3 is 9.32 Å². The molecule has 1 saturated heterocycles. The molecule has 7 nitrogen and oxygen atoms in total. The van der Waals surface area contributed by atoms with Crippen molar-refractivity contribution in [1.29, 1.82) is 0 Å². The summed E-state index contributed by atoms with van der Waals surface area (Å²) in [6, 6.07) is 5.30. The molecular weight excluding hydrogens is 366 g/mol. The fourth-order valence-electron chi connectivity index (χ4n) is 3.79. The fraction of sp³-hybridized carbons (Fsp3) is 0.474. The summed E-state index contributed by atoms with van der Waals surface area (Å²) < 4.78 is 32.5. The van der Waals surface area contributed by atoms with Gasteiger partial charge in [-0.1, -0.05) is 13.0 Å². The van der Waals surface area contributed by atoms with Gasteiger partial charge in [0.05, 0.1) is 4.90 Å². The normalized spacial score (nSPS) is 17.9. The lowest BCUT2D eigenvalue weighted by Crippen LogP contribution is -2.37. The quantitative estimate of drug-likeness (QED) is 0.801. The van der Waals surface area contributed by atoms with Crippen LogP contribution in [0.5, 0.6) is 0 Å². The van der Waals surface area contributed by atoms with E-state index in [0.717, 1.165) is 24.0 Å². The number of amides is 1. The van der Waals surface area contributed by atoms with Gasteiger partial charge in [0.2, 0.25) is 10.0 Å². The Hall–Kier alpha value is -2.19. The molecule has 0 atom stereocenters. The monoisotopic (exact) mass is 389 g/mol. The number of benzene rings is 1. The lowest BCUT2D eigenvalue weighted by molar-refractivity contribution is 0.0727. The summed E-state index contributed by atoms with van der Waals surface area (Å²) in [4.78, 5) is 18.9. The van der Waals surface area contributed by atoms with Crippen LogP contribution in [0.1, 0.15) is 47.1 Å². The first-order chi connectivity index (χ1) is 13.0. The van der Waals surface area contributed by atoms with E-state index in [1.54, 1.807) is 21.3 Å². The van der Waals surface area contributed by atoms with Crippen molar-refractivity contribution in [1.82, 2.24) is 14.2 Å². The van der Waals surface area contributed by atoms with Crippen molar-refractivity contribution in [2.45, 2.75) is 44.0 Å². The number of sulfonamides is 1. The molecule has 1 fully saturated rings. The standard InChI is InChI=1S/C19H23N3O4S/c1-2-17-18(20-13-26-17)19(23)21-10-7-14-5-6-16(11-15(14)12-21)27(24,25)22-8-3-4-9-22/h5-6,11,13H,2-4,7-10,12H2,1H3. The molecule has 0 bridgehead atoms. The molecule has 2 aromatic rings. The van der Waals surface area contributed by atoms with Crippen molar-refractivity contribution in [2.24, 2.45) is 0 Å². The van der Waals surface area contributed by atoms with Crippen molar-refractivity contribution in [2.75, 3.05) is 19.6 Å². The Labute approximate surface area is 159 Å². The van der Waals surface area contributed by atoms with Gasteiger partial charge in [0, 0.05) is 32.6 Å². The van der Waals surface area contributed by atoms with Crippen LogP contribution >= 0.6 is 0 Å². The van der Waals surface area contributed by atoms with Crippen molar-refractivity contribution in [3.8, 4) is 0 Å². The number of aromatic nitrogens is 1. The maximum atomic E-state index is 12.8. The number of aryl methyl sites for hydroxylation is 1. The highest BCUT2D eigenvalue weighted by atomic mass is 32.2. The van der Waals surface area contributed by atoms with Crippen LogP contribution in [0, 0.1) is 0 Å². The minimum Gasteiger partial charge on any atom is -0.448 e. The summed E-state index contributed by atoms with van der Waals surface area (Å²) in [5, 5.41) is 0. The third kappa shape index (κ3) is 3.27. The number of carbonyl (C=O) groups is 1. The van der Waals surface area contributed by atoms with Crippen LogP contribution in [0.25, 0.3) is 0 Å². The molecule has 27 heavy (non-hydrogen) atoms. The maximum Gasteiger partial charge on any atom is 0.276 e. The number of nitrogens with zero attached hydrogens (tertiary/aromatic N) is 3. The van der Waals surface area contributed by atoms with Crippen LogP contribution in [0.3, 0.4) is 0 Å². The Kier molecular flexibility index (Phi) is 4.77. The molecule has 0 unspecified atom stereocenters. The van der Waals surface area contributed by atoms with Gasteiger partial charge in [-0.3, -0.25) is 4.79 Å². The lowest BCUT2D eigenvalue weighted by atomic mass is 9.99. The summed E-state index contributed by atoms with van der Waals surface area (Å²) in [5.74, 6) is 0.412. The minimum absolute atomic E-state index is 0.168. The Bertz CT molecular complexity index is 961. The van der Waals surface area contributed by atoms with Crippen LogP contribution in [0.15, 0.2) is 33.9 Å². The third-order valence-corrected chi connectivity index (χ3v) is 7.24. The fourth-order valence-corrected chi connectivity index (χ4v) is 5.36. The molecule has 144 valence electrons. The molecule has 0 saturated carbocycles. The number of hydrogen-bond donors (Lipinski definition) is 0. The van der Waals surface area contributed by atoms with E-state index in [-0.39, 0.29) is 5.91 Å². The van der Waals surface area contributed by atoms with Crippen LogP contribution in [0.2, 0.25) is 0 Å². The Morgan fingerprint density at radius 1 is 1.19 bits per heavy atom. The first-order valence-electron chi connectivity index (χ1n) is 9.34. The number of rotatable bonds is 4. The number of fused-ring (bicyclic) bond motifs is 1. The molecule has 0 N–H and O–H groups in total. The van der Waals surface area contributed by atoms with E-state index < -0.39 is 10.0 Å². The predicted octanol–water partition coefficient (Wildman–Crippen LogP) is 2.22. The third-order valence-electron chi connectivity index (χ3n) is 5.34. The molecular formula is C19H23N3O4S. The average Bonchev–Trinajstić information content (AvgIpc) is 3.38.